The number of ketones is 1. The molecule has 0 bridgehead atoms. The second kappa shape index (κ2) is 13.8. The third kappa shape index (κ3) is 7.79. The van der Waals surface area contributed by atoms with Crippen LogP contribution in [0.4, 0.5) is 9.59 Å². The number of amides is 3. The lowest BCUT2D eigenvalue weighted by molar-refractivity contribution is -0.133. The van der Waals surface area contributed by atoms with Crippen LogP contribution < -0.4 is 10.6 Å². The van der Waals surface area contributed by atoms with Crippen LogP contribution in [0.2, 0.25) is 0 Å². The molecule has 1 aliphatic heterocycles. The van der Waals surface area contributed by atoms with Crippen LogP contribution >= 0.6 is 0 Å². The Hall–Kier alpha value is -5.63. The molecule has 47 heavy (non-hydrogen) atoms. The molecule has 0 aliphatic carbocycles. The maximum Gasteiger partial charge on any atom is 0.408 e. The maximum atomic E-state index is 13.1. The summed E-state index contributed by atoms with van der Waals surface area (Å²) in [5, 5.41) is 6.96. The molecule has 3 N–H and O–H groups in total. The van der Waals surface area contributed by atoms with Crippen LogP contribution in [0, 0.1) is 12.3 Å². The number of ether oxygens (including phenoxy) is 2. The SMILES string of the molecule is C#C[C@H](NC(=O)OC)C(=O)N1CCC[C@H]1c1nc(-c2ccc3cc(-c4ccc(C(=O)CNC(=O)OC(C)(C)C)cc4)ccc3c2)c[nH]1. The number of aromatic nitrogens is 2. The first-order valence-corrected chi connectivity index (χ1v) is 15.3. The van der Waals surface area contributed by atoms with Crippen LogP contribution in [0.3, 0.4) is 0 Å². The number of rotatable bonds is 8. The zero-order chi connectivity index (χ0) is 33.7. The Labute approximate surface area is 273 Å². The van der Waals surface area contributed by atoms with Crippen LogP contribution in [0.1, 0.15) is 55.8 Å². The number of nitrogens with one attached hydrogen (secondary N) is 3. The van der Waals surface area contributed by atoms with Crippen LogP contribution in [0.15, 0.2) is 66.9 Å². The molecule has 11 heteroatoms. The number of nitrogens with zero attached hydrogens (tertiary/aromatic N) is 2. The van der Waals surface area contributed by atoms with Gasteiger partial charge in [-0.05, 0) is 67.6 Å². The number of hydrogen-bond acceptors (Lipinski definition) is 7. The number of terminal acetylenes is 1. The van der Waals surface area contributed by atoms with Crippen LogP contribution in [0.5, 0.6) is 0 Å². The molecule has 3 amide bonds. The van der Waals surface area contributed by atoms with Gasteiger partial charge in [0.1, 0.15) is 11.4 Å². The van der Waals surface area contributed by atoms with Gasteiger partial charge in [-0.3, -0.25) is 14.9 Å². The number of methoxy groups -OCH3 is 1. The molecule has 3 aromatic carbocycles. The second-order valence-corrected chi connectivity index (χ2v) is 12.2. The van der Waals surface area contributed by atoms with Crippen molar-refractivity contribution in [2.45, 2.75) is 51.3 Å². The lowest BCUT2D eigenvalue weighted by Crippen LogP contribution is -2.47. The number of benzene rings is 3. The molecule has 1 aromatic heterocycles. The molecular formula is C36H37N5O6. The van der Waals surface area contributed by atoms with Crippen molar-refractivity contribution >= 4 is 34.6 Å². The average molecular weight is 636 g/mol. The van der Waals surface area contributed by atoms with Crippen molar-refractivity contribution in [3.63, 3.8) is 0 Å². The van der Waals surface area contributed by atoms with Crippen molar-refractivity contribution in [2.75, 3.05) is 20.2 Å². The van der Waals surface area contributed by atoms with E-state index in [0.29, 0.717) is 24.4 Å². The van der Waals surface area contributed by atoms with E-state index in [1.165, 1.54) is 7.11 Å². The van der Waals surface area contributed by atoms with Crippen LogP contribution in [0.25, 0.3) is 33.2 Å². The Morgan fingerprint density at radius 2 is 1.66 bits per heavy atom. The van der Waals surface area contributed by atoms with Gasteiger partial charge < -0.3 is 24.7 Å². The maximum absolute atomic E-state index is 13.1. The smallest absolute Gasteiger partial charge is 0.408 e. The van der Waals surface area contributed by atoms with Gasteiger partial charge in [0.15, 0.2) is 11.8 Å². The first kappa shape index (κ1) is 32.8. The summed E-state index contributed by atoms with van der Waals surface area (Å²) in [6.45, 7) is 5.64. The van der Waals surface area contributed by atoms with Gasteiger partial charge in [-0.2, -0.15) is 0 Å². The van der Waals surface area contributed by atoms with E-state index in [9.17, 15) is 19.2 Å². The van der Waals surface area contributed by atoms with Gasteiger partial charge in [-0.1, -0.05) is 54.5 Å². The van der Waals surface area contributed by atoms with E-state index in [1.54, 1.807) is 37.8 Å². The normalized spacial score (nSPS) is 15.0. The Morgan fingerprint density at radius 1 is 1.00 bits per heavy atom. The third-order valence-corrected chi connectivity index (χ3v) is 7.78. The van der Waals surface area contributed by atoms with Gasteiger partial charge in [0.2, 0.25) is 0 Å². The molecular weight excluding hydrogens is 598 g/mol. The lowest BCUT2D eigenvalue weighted by atomic mass is 9.98. The highest BCUT2D eigenvalue weighted by molar-refractivity contribution is 5.99. The van der Waals surface area contributed by atoms with E-state index in [2.05, 4.69) is 38.4 Å². The van der Waals surface area contributed by atoms with Gasteiger partial charge in [0.05, 0.1) is 25.4 Å². The lowest BCUT2D eigenvalue weighted by Gasteiger charge is -2.26. The Morgan fingerprint density at radius 3 is 2.32 bits per heavy atom. The number of Topliss-reactive ketones (excluding diaryl/α,β-unsaturated/α-hetero) is 1. The molecule has 11 nitrogen and oxygen atoms in total. The number of imidazole rings is 1. The molecule has 2 heterocycles. The van der Waals surface area contributed by atoms with E-state index >= 15 is 0 Å². The fourth-order valence-electron chi connectivity index (χ4n) is 5.49. The molecule has 0 unspecified atom stereocenters. The second-order valence-electron chi connectivity index (χ2n) is 12.2. The number of aromatic amines is 1. The Bertz CT molecular complexity index is 1850. The van der Waals surface area contributed by atoms with Gasteiger partial charge >= 0.3 is 12.2 Å². The first-order chi connectivity index (χ1) is 22.5. The minimum atomic E-state index is -1.13. The van der Waals surface area contributed by atoms with Crippen molar-refractivity contribution in [1.82, 2.24) is 25.5 Å². The molecule has 2 atom stereocenters. The summed E-state index contributed by atoms with van der Waals surface area (Å²) in [5.74, 6) is 2.39. The molecule has 1 aliphatic rings. The summed E-state index contributed by atoms with van der Waals surface area (Å²) in [7, 11) is 1.21. The summed E-state index contributed by atoms with van der Waals surface area (Å²) in [6.07, 6.45) is 7.45. The summed E-state index contributed by atoms with van der Waals surface area (Å²) in [4.78, 5) is 58.9. The highest BCUT2D eigenvalue weighted by Crippen LogP contribution is 2.33. The number of hydrogen-bond donors (Lipinski definition) is 3. The summed E-state index contributed by atoms with van der Waals surface area (Å²) in [6, 6.07) is 18.1. The molecule has 4 aromatic rings. The predicted octanol–water partition coefficient (Wildman–Crippen LogP) is 5.63. The Balaban J connectivity index is 1.26. The monoisotopic (exact) mass is 635 g/mol. The largest absolute Gasteiger partial charge is 0.453 e. The zero-order valence-electron chi connectivity index (χ0n) is 26.8. The van der Waals surface area contributed by atoms with E-state index in [4.69, 9.17) is 16.1 Å². The van der Waals surface area contributed by atoms with Crippen molar-refractivity contribution in [2.24, 2.45) is 0 Å². The molecule has 0 saturated carbocycles. The van der Waals surface area contributed by atoms with Gasteiger partial charge in [-0.15, -0.1) is 6.42 Å². The van der Waals surface area contributed by atoms with Gasteiger partial charge in [-0.25, -0.2) is 14.6 Å². The number of alkyl carbamates (subject to hydrolysis) is 2. The fourth-order valence-corrected chi connectivity index (χ4v) is 5.49. The van der Waals surface area contributed by atoms with Crippen molar-refractivity contribution in [3.05, 3.63) is 78.2 Å². The first-order valence-electron chi connectivity index (χ1n) is 15.3. The molecule has 0 spiro atoms. The summed E-state index contributed by atoms with van der Waals surface area (Å²) >= 11 is 0. The van der Waals surface area contributed by atoms with Crippen LogP contribution in [-0.2, 0) is 14.3 Å². The molecule has 0 radical (unpaired) electrons. The van der Waals surface area contributed by atoms with Crippen LogP contribution in [-0.4, -0.2) is 70.6 Å². The summed E-state index contributed by atoms with van der Waals surface area (Å²) < 4.78 is 9.78. The van der Waals surface area contributed by atoms with Gasteiger partial charge in [0, 0.05) is 23.9 Å². The standard InChI is InChI=1S/C36H37N5O6/c1-6-28(40-35(45)46-5)33(43)41-17-7-8-30(41)32-37-20-29(39-32)27-16-15-25-18-24(13-14-26(25)19-27)22-9-11-23(12-10-22)31(42)21-38-34(44)47-36(2,3)4/h1,9-16,18-20,28,30H,7-8,17,21H2,2-5H3,(H,37,39)(H,38,44)(H,40,45)/t28-,30-/m0/s1. The number of likely N-dealkylation sites (tertiary alicyclic amines) is 1. The van der Waals surface area contributed by atoms with Crippen molar-refractivity contribution < 1.29 is 28.7 Å². The van der Waals surface area contributed by atoms with E-state index < -0.39 is 23.8 Å². The third-order valence-electron chi connectivity index (χ3n) is 7.78. The molecule has 5 rings (SSSR count). The minimum Gasteiger partial charge on any atom is -0.453 e. The topological polar surface area (TPSA) is 143 Å². The quantitative estimate of drug-likeness (QED) is 0.168. The molecule has 1 fully saturated rings. The highest BCUT2D eigenvalue weighted by atomic mass is 16.6. The van der Waals surface area contributed by atoms with E-state index in [-0.39, 0.29) is 24.3 Å². The minimum absolute atomic E-state index is 0.151. The van der Waals surface area contributed by atoms with Crippen molar-refractivity contribution in [1.29, 1.82) is 0 Å². The van der Waals surface area contributed by atoms with E-state index in [1.807, 2.05) is 42.6 Å². The zero-order valence-corrected chi connectivity index (χ0v) is 26.8. The molecule has 1 saturated heterocycles. The summed E-state index contributed by atoms with van der Waals surface area (Å²) in [5.41, 5.74) is 3.46. The predicted molar refractivity (Wildman–Crippen MR) is 177 cm³/mol. The number of carbonyl (C=O) groups excluding carboxylic acids is 4. The van der Waals surface area contributed by atoms with Gasteiger partial charge in [0.25, 0.3) is 5.91 Å². The number of fused-ring (bicyclic) bond motifs is 1. The van der Waals surface area contributed by atoms with E-state index in [0.717, 1.165) is 39.6 Å². The highest BCUT2D eigenvalue weighted by Gasteiger charge is 2.35. The fraction of sp³-hybridized carbons (Fsp3) is 0.306. The average Bonchev–Trinajstić information content (AvgIpc) is 3.75. The number of carbonyl (C=O) groups is 4. The van der Waals surface area contributed by atoms with Crippen molar-refractivity contribution in [3.8, 4) is 34.7 Å². The Kier molecular flexibility index (Phi) is 9.61. The molecule has 242 valence electrons. The number of H-pyrrole nitrogens is 1.